The molecule has 0 aromatic heterocycles. The lowest BCUT2D eigenvalue weighted by Gasteiger charge is -2.25. The number of amides is 1. The van der Waals surface area contributed by atoms with Crippen molar-refractivity contribution in [1.29, 1.82) is 0 Å². The van der Waals surface area contributed by atoms with Gasteiger partial charge in [0.05, 0.1) is 16.8 Å². The van der Waals surface area contributed by atoms with Crippen molar-refractivity contribution in [3.05, 3.63) is 88.4 Å². The maximum atomic E-state index is 13.4. The lowest BCUT2D eigenvalue weighted by Crippen LogP contribution is -2.40. The molecule has 3 aromatic rings. The fraction of sp³-hybridized carbons (Fsp3) is 0.130. The van der Waals surface area contributed by atoms with Gasteiger partial charge in [0.2, 0.25) is 0 Å². The van der Waals surface area contributed by atoms with Crippen LogP contribution in [0.3, 0.4) is 0 Å². The number of aryl methyl sites for hydroxylation is 2. The van der Waals surface area contributed by atoms with Crippen molar-refractivity contribution in [2.24, 2.45) is 5.10 Å². The van der Waals surface area contributed by atoms with Gasteiger partial charge in [0.25, 0.3) is 15.9 Å². The fourth-order valence-electron chi connectivity index (χ4n) is 2.97. The quantitative estimate of drug-likeness (QED) is 0.401. The summed E-state index contributed by atoms with van der Waals surface area (Å²) in [6.45, 7) is 3.07. The summed E-state index contributed by atoms with van der Waals surface area (Å²) in [6.07, 6.45) is 1.28. The highest BCUT2D eigenvalue weighted by atomic mass is 35.5. The Morgan fingerprint density at radius 2 is 1.78 bits per heavy atom. The van der Waals surface area contributed by atoms with E-state index in [9.17, 15) is 18.3 Å². The smallest absolute Gasteiger partial charge is 0.264 e. The van der Waals surface area contributed by atoms with Gasteiger partial charge in [-0.15, -0.1) is 0 Å². The Balaban J connectivity index is 1.90. The molecule has 7 nitrogen and oxygen atoms in total. The van der Waals surface area contributed by atoms with Crippen molar-refractivity contribution in [2.45, 2.75) is 18.7 Å². The molecular formula is C23H22ClN3O4S. The highest BCUT2D eigenvalue weighted by molar-refractivity contribution is 7.92. The molecular weight excluding hydrogens is 450 g/mol. The van der Waals surface area contributed by atoms with E-state index in [1.165, 1.54) is 24.4 Å². The van der Waals surface area contributed by atoms with Crippen LogP contribution < -0.4 is 9.73 Å². The number of hydrazone groups is 1. The molecule has 0 radical (unpaired) electrons. The summed E-state index contributed by atoms with van der Waals surface area (Å²) in [5, 5.41) is 14.1. The summed E-state index contributed by atoms with van der Waals surface area (Å²) < 4.78 is 27.8. The van der Waals surface area contributed by atoms with Crippen LogP contribution in [0.2, 0.25) is 5.02 Å². The number of halogens is 1. The Morgan fingerprint density at radius 1 is 1.09 bits per heavy atom. The van der Waals surface area contributed by atoms with Gasteiger partial charge in [-0.3, -0.25) is 9.10 Å². The number of hydrogen-bond donors (Lipinski definition) is 2. The zero-order valence-electron chi connectivity index (χ0n) is 17.5. The van der Waals surface area contributed by atoms with Crippen LogP contribution >= 0.6 is 11.6 Å². The number of rotatable bonds is 7. The molecule has 0 aliphatic rings. The second-order valence-corrected chi connectivity index (χ2v) is 9.41. The van der Waals surface area contributed by atoms with Gasteiger partial charge in [-0.1, -0.05) is 41.4 Å². The number of benzene rings is 3. The summed E-state index contributed by atoms with van der Waals surface area (Å²) in [5.41, 5.74) is 4.55. The van der Waals surface area contributed by atoms with Crippen molar-refractivity contribution in [3.8, 4) is 5.75 Å². The first-order chi connectivity index (χ1) is 15.2. The number of nitrogens with one attached hydrogen (secondary N) is 1. The largest absolute Gasteiger partial charge is 0.507 e. The second kappa shape index (κ2) is 9.84. The minimum Gasteiger partial charge on any atom is -0.507 e. The van der Waals surface area contributed by atoms with E-state index in [-0.39, 0.29) is 10.6 Å². The number of phenolic OH excluding ortho intramolecular Hbond substituents is 1. The summed E-state index contributed by atoms with van der Waals surface area (Å²) in [6, 6.07) is 17.6. The molecule has 0 unspecified atom stereocenters. The van der Waals surface area contributed by atoms with Crippen LogP contribution in [0.25, 0.3) is 0 Å². The number of anilines is 1. The molecule has 0 saturated heterocycles. The maximum absolute atomic E-state index is 13.4. The van der Waals surface area contributed by atoms with Gasteiger partial charge < -0.3 is 5.11 Å². The van der Waals surface area contributed by atoms with Crippen LogP contribution in [0.1, 0.15) is 16.7 Å². The monoisotopic (exact) mass is 471 g/mol. The van der Waals surface area contributed by atoms with E-state index < -0.39 is 22.5 Å². The fourth-order valence-corrected chi connectivity index (χ4v) is 4.68. The lowest BCUT2D eigenvalue weighted by molar-refractivity contribution is -0.119. The van der Waals surface area contributed by atoms with E-state index in [2.05, 4.69) is 10.5 Å². The first-order valence-corrected chi connectivity index (χ1v) is 11.5. The highest BCUT2D eigenvalue weighted by Crippen LogP contribution is 2.29. The van der Waals surface area contributed by atoms with E-state index in [0.717, 1.165) is 9.87 Å². The maximum Gasteiger partial charge on any atom is 0.264 e. The highest BCUT2D eigenvalue weighted by Gasteiger charge is 2.28. The summed E-state index contributed by atoms with van der Waals surface area (Å²) in [4.78, 5) is 12.7. The minimum atomic E-state index is -4.05. The third-order valence-corrected chi connectivity index (χ3v) is 6.66. The number of hydrogen-bond acceptors (Lipinski definition) is 5. The Kier molecular flexibility index (Phi) is 7.17. The van der Waals surface area contributed by atoms with Gasteiger partial charge in [-0.2, -0.15) is 5.10 Å². The van der Waals surface area contributed by atoms with Crippen LogP contribution in [-0.2, 0) is 14.8 Å². The van der Waals surface area contributed by atoms with Gasteiger partial charge in [0.1, 0.15) is 12.3 Å². The molecule has 9 heteroatoms. The molecule has 3 rings (SSSR count). The average Bonchev–Trinajstić information content (AvgIpc) is 2.74. The zero-order valence-corrected chi connectivity index (χ0v) is 19.1. The predicted molar refractivity (Wildman–Crippen MR) is 126 cm³/mol. The van der Waals surface area contributed by atoms with E-state index in [1.54, 1.807) is 55.5 Å². The van der Waals surface area contributed by atoms with Crippen LogP contribution in [-0.4, -0.2) is 32.2 Å². The molecule has 3 aromatic carbocycles. The normalized spacial score (nSPS) is 11.5. The Labute approximate surface area is 192 Å². The van der Waals surface area contributed by atoms with Crippen molar-refractivity contribution < 1.29 is 18.3 Å². The van der Waals surface area contributed by atoms with Gasteiger partial charge >= 0.3 is 0 Å². The molecule has 0 aliphatic heterocycles. The average molecular weight is 472 g/mol. The predicted octanol–water partition coefficient (Wildman–Crippen LogP) is 4.01. The standard InChI is InChI=1S/C23H22ClN3O4S/c1-16-7-10-20(11-8-16)32(30,31)27(21-12-9-19(24)13-17(21)2)15-23(29)26-25-14-18-5-3-4-6-22(18)28/h3-14,28H,15H2,1-2H3,(H,26,29)/b25-14-. The van der Waals surface area contributed by atoms with Crippen LogP contribution in [0.15, 0.2) is 76.7 Å². The molecule has 2 N–H and O–H groups in total. The van der Waals surface area contributed by atoms with E-state index >= 15 is 0 Å². The van der Waals surface area contributed by atoms with Crippen LogP contribution in [0, 0.1) is 13.8 Å². The Morgan fingerprint density at radius 3 is 2.44 bits per heavy atom. The topological polar surface area (TPSA) is 99.1 Å². The van der Waals surface area contributed by atoms with E-state index in [4.69, 9.17) is 11.6 Å². The molecule has 0 aliphatic carbocycles. The Hall–Kier alpha value is -3.36. The van der Waals surface area contributed by atoms with Crippen molar-refractivity contribution in [2.75, 3.05) is 10.8 Å². The van der Waals surface area contributed by atoms with Crippen molar-refractivity contribution in [3.63, 3.8) is 0 Å². The number of carbonyl (C=O) groups is 1. The SMILES string of the molecule is Cc1ccc(S(=O)(=O)N(CC(=O)N/N=C\c2ccccc2O)c2ccc(Cl)cc2C)cc1. The number of carbonyl (C=O) groups excluding carboxylic acids is 1. The number of para-hydroxylation sites is 1. The van der Waals surface area contributed by atoms with E-state index in [0.29, 0.717) is 21.8 Å². The van der Waals surface area contributed by atoms with Gasteiger partial charge in [-0.25, -0.2) is 13.8 Å². The van der Waals surface area contributed by atoms with Gasteiger partial charge in [0.15, 0.2) is 0 Å². The molecule has 0 saturated carbocycles. The number of nitrogens with zero attached hydrogens (tertiary/aromatic N) is 2. The minimum absolute atomic E-state index is 0.00543. The van der Waals surface area contributed by atoms with Crippen molar-refractivity contribution >= 4 is 39.4 Å². The van der Waals surface area contributed by atoms with Crippen LogP contribution in [0.4, 0.5) is 5.69 Å². The molecule has 0 heterocycles. The third-order valence-electron chi connectivity index (χ3n) is 4.65. The molecule has 0 bridgehead atoms. The number of phenols is 1. The van der Waals surface area contributed by atoms with Crippen LogP contribution in [0.5, 0.6) is 5.75 Å². The summed E-state index contributed by atoms with van der Waals surface area (Å²) in [5.74, 6) is -0.646. The first kappa shape index (κ1) is 23.3. The molecule has 166 valence electrons. The zero-order chi connectivity index (χ0) is 23.3. The molecule has 32 heavy (non-hydrogen) atoms. The number of aromatic hydroxyl groups is 1. The van der Waals surface area contributed by atoms with Gasteiger partial charge in [0, 0.05) is 10.6 Å². The van der Waals surface area contributed by atoms with Crippen molar-refractivity contribution in [1.82, 2.24) is 5.43 Å². The number of sulfonamides is 1. The van der Waals surface area contributed by atoms with E-state index in [1.807, 2.05) is 6.92 Å². The molecule has 0 atom stereocenters. The van der Waals surface area contributed by atoms with Gasteiger partial charge in [-0.05, 0) is 61.9 Å². The second-order valence-electron chi connectivity index (χ2n) is 7.11. The molecule has 1 amide bonds. The Bertz CT molecular complexity index is 1260. The molecule has 0 fully saturated rings. The third kappa shape index (κ3) is 5.46. The lowest BCUT2D eigenvalue weighted by atomic mass is 10.2. The first-order valence-electron chi connectivity index (χ1n) is 9.64. The summed E-state index contributed by atoms with van der Waals surface area (Å²) >= 11 is 6.03. The summed E-state index contributed by atoms with van der Waals surface area (Å²) in [7, 11) is -4.05. The molecule has 0 spiro atoms.